The molecule has 0 atom stereocenters. The van der Waals surface area contributed by atoms with E-state index in [1.54, 1.807) is 11.8 Å². The standard InChI is InChI=1S/C24H22N2OS/c1-4-28-24-22(21-15-16(2)14-17(3)26(21)25-24)23(27)20-12-10-19(11-13-20)18-8-6-5-7-9-18/h5-15H,4H2,1-3H3. The Hall–Kier alpha value is -2.85. The van der Waals surface area contributed by atoms with E-state index in [0.29, 0.717) is 11.1 Å². The molecule has 0 aliphatic rings. The third-order valence-corrected chi connectivity index (χ3v) is 5.63. The molecule has 4 heteroatoms. The van der Waals surface area contributed by atoms with Crippen molar-refractivity contribution in [3.63, 3.8) is 0 Å². The van der Waals surface area contributed by atoms with Crippen molar-refractivity contribution < 1.29 is 4.79 Å². The van der Waals surface area contributed by atoms with Crippen molar-refractivity contribution in [3.8, 4) is 11.1 Å². The number of carbonyl (C=O) groups excluding carboxylic acids is 1. The van der Waals surface area contributed by atoms with Crippen molar-refractivity contribution in [2.75, 3.05) is 5.75 Å². The monoisotopic (exact) mass is 386 g/mol. The number of rotatable bonds is 5. The van der Waals surface area contributed by atoms with Gasteiger partial charge in [-0.2, -0.15) is 5.10 Å². The van der Waals surface area contributed by atoms with Crippen LogP contribution in [0.1, 0.15) is 34.1 Å². The van der Waals surface area contributed by atoms with Crippen molar-refractivity contribution in [1.82, 2.24) is 9.61 Å². The van der Waals surface area contributed by atoms with Crippen molar-refractivity contribution in [2.24, 2.45) is 0 Å². The van der Waals surface area contributed by atoms with E-state index in [4.69, 9.17) is 5.10 Å². The summed E-state index contributed by atoms with van der Waals surface area (Å²) in [6.07, 6.45) is 0. The molecule has 2 aromatic carbocycles. The van der Waals surface area contributed by atoms with Crippen LogP contribution in [0, 0.1) is 13.8 Å². The van der Waals surface area contributed by atoms with Gasteiger partial charge in [0.1, 0.15) is 5.03 Å². The highest BCUT2D eigenvalue weighted by Gasteiger charge is 2.22. The van der Waals surface area contributed by atoms with E-state index >= 15 is 0 Å². The molecule has 4 aromatic rings. The lowest BCUT2D eigenvalue weighted by Crippen LogP contribution is -2.03. The smallest absolute Gasteiger partial charge is 0.197 e. The fraction of sp³-hybridized carbons (Fsp3) is 0.167. The number of carbonyl (C=O) groups is 1. The number of aromatic nitrogens is 2. The number of pyridine rings is 1. The van der Waals surface area contributed by atoms with Crippen LogP contribution in [0.25, 0.3) is 16.6 Å². The summed E-state index contributed by atoms with van der Waals surface area (Å²) in [5, 5.41) is 5.51. The van der Waals surface area contributed by atoms with E-state index in [0.717, 1.165) is 38.7 Å². The maximum atomic E-state index is 13.4. The number of hydrogen-bond acceptors (Lipinski definition) is 3. The molecular weight excluding hydrogens is 364 g/mol. The van der Waals surface area contributed by atoms with Crippen LogP contribution >= 0.6 is 11.8 Å². The number of aryl methyl sites for hydroxylation is 2. The summed E-state index contributed by atoms with van der Waals surface area (Å²) in [4.78, 5) is 13.4. The Morgan fingerprint density at radius 3 is 2.32 bits per heavy atom. The van der Waals surface area contributed by atoms with E-state index in [1.165, 1.54) is 0 Å². The second kappa shape index (κ2) is 7.64. The van der Waals surface area contributed by atoms with Crippen LogP contribution in [-0.4, -0.2) is 21.2 Å². The number of fused-ring (bicyclic) bond motifs is 1. The molecule has 2 heterocycles. The Kier molecular flexibility index (Phi) is 5.05. The van der Waals surface area contributed by atoms with Gasteiger partial charge in [0, 0.05) is 11.3 Å². The van der Waals surface area contributed by atoms with Crippen molar-refractivity contribution in [1.29, 1.82) is 0 Å². The predicted molar refractivity (Wildman–Crippen MR) is 116 cm³/mol. The lowest BCUT2D eigenvalue weighted by Gasteiger charge is -2.06. The molecule has 0 amide bonds. The average Bonchev–Trinajstić information content (AvgIpc) is 3.07. The first-order valence-corrected chi connectivity index (χ1v) is 10.4. The van der Waals surface area contributed by atoms with Gasteiger partial charge in [-0.3, -0.25) is 4.79 Å². The van der Waals surface area contributed by atoms with Crippen LogP contribution < -0.4 is 0 Å². The van der Waals surface area contributed by atoms with Crippen molar-refractivity contribution in [2.45, 2.75) is 25.8 Å². The zero-order valence-corrected chi connectivity index (χ0v) is 17.1. The van der Waals surface area contributed by atoms with Gasteiger partial charge in [0.2, 0.25) is 0 Å². The van der Waals surface area contributed by atoms with Crippen LogP contribution in [0.15, 0.2) is 71.8 Å². The van der Waals surface area contributed by atoms with Crippen molar-refractivity contribution >= 4 is 23.1 Å². The summed E-state index contributed by atoms with van der Waals surface area (Å²) in [6, 6.07) is 22.2. The lowest BCUT2D eigenvalue weighted by molar-refractivity contribution is 0.103. The Labute approximate surface area is 169 Å². The summed E-state index contributed by atoms with van der Waals surface area (Å²) in [5.74, 6) is 0.894. The first kappa shape index (κ1) is 18.5. The average molecular weight is 387 g/mol. The molecule has 0 aliphatic carbocycles. The Bertz CT molecular complexity index is 1140. The molecule has 0 spiro atoms. The summed E-state index contributed by atoms with van der Waals surface area (Å²) in [5.41, 5.74) is 6.68. The molecule has 0 saturated carbocycles. The van der Waals surface area contributed by atoms with Gasteiger partial charge in [-0.25, -0.2) is 4.52 Å². The van der Waals surface area contributed by atoms with Gasteiger partial charge in [0.15, 0.2) is 5.78 Å². The molecule has 3 nitrogen and oxygen atoms in total. The SMILES string of the molecule is CCSc1nn2c(C)cc(C)cc2c1C(=O)c1ccc(-c2ccccc2)cc1. The molecule has 0 aliphatic heterocycles. The third-order valence-electron chi connectivity index (χ3n) is 4.79. The van der Waals surface area contributed by atoms with Gasteiger partial charge in [0.05, 0.1) is 11.1 Å². The van der Waals surface area contributed by atoms with E-state index in [-0.39, 0.29) is 5.78 Å². The molecule has 0 radical (unpaired) electrons. The first-order chi connectivity index (χ1) is 13.6. The van der Waals surface area contributed by atoms with E-state index in [1.807, 2.05) is 60.0 Å². The quantitative estimate of drug-likeness (QED) is 0.313. The third kappa shape index (κ3) is 3.36. The van der Waals surface area contributed by atoms with Gasteiger partial charge in [-0.1, -0.05) is 61.5 Å². The zero-order valence-electron chi connectivity index (χ0n) is 16.3. The molecule has 4 rings (SSSR count). The van der Waals surface area contributed by atoms with Crippen LogP contribution in [0.5, 0.6) is 0 Å². The highest BCUT2D eigenvalue weighted by Crippen LogP contribution is 2.30. The van der Waals surface area contributed by atoms with Crippen LogP contribution in [-0.2, 0) is 0 Å². The molecule has 0 fully saturated rings. The molecule has 140 valence electrons. The maximum absolute atomic E-state index is 13.4. The summed E-state index contributed by atoms with van der Waals surface area (Å²) >= 11 is 1.61. The van der Waals surface area contributed by atoms with Gasteiger partial charge >= 0.3 is 0 Å². The minimum atomic E-state index is 0.0237. The van der Waals surface area contributed by atoms with Crippen LogP contribution in [0.4, 0.5) is 0 Å². The lowest BCUT2D eigenvalue weighted by atomic mass is 9.99. The van der Waals surface area contributed by atoms with Crippen LogP contribution in [0.3, 0.4) is 0 Å². The van der Waals surface area contributed by atoms with Crippen LogP contribution in [0.2, 0.25) is 0 Å². The number of thioether (sulfide) groups is 1. The molecule has 0 bridgehead atoms. The van der Waals surface area contributed by atoms with Gasteiger partial charge in [0.25, 0.3) is 0 Å². The molecule has 0 saturated heterocycles. The topological polar surface area (TPSA) is 34.4 Å². The number of hydrogen-bond donors (Lipinski definition) is 0. The molecule has 2 aromatic heterocycles. The fourth-order valence-corrected chi connectivity index (χ4v) is 4.25. The highest BCUT2D eigenvalue weighted by molar-refractivity contribution is 7.99. The van der Waals surface area contributed by atoms with Gasteiger partial charge in [-0.05, 0) is 48.4 Å². The number of ketones is 1. The molecule has 0 unspecified atom stereocenters. The van der Waals surface area contributed by atoms with E-state index in [2.05, 4.69) is 32.0 Å². The second-order valence-corrected chi connectivity index (χ2v) is 8.11. The molecular formula is C24H22N2OS. The minimum Gasteiger partial charge on any atom is -0.288 e. The fourth-order valence-electron chi connectivity index (χ4n) is 3.50. The minimum absolute atomic E-state index is 0.0237. The molecule has 28 heavy (non-hydrogen) atoms. The summed E-state index contributed by atoms with van der Waals surface area (Å²) in [6.45, 7) is 6.15. The predicted octanol–water partition coefficient (Wildman–Crippen LogP) is 5.96. The summed E-state index contributed by atoms with van der Waals surface area (Å²) < 4.78 is 1.89. The number of benzene rings is 2. The van der Waals surface area contributed by atoms with Gasteiger partial charge < -0.3 is 0 Å². The first-order valence-electron chi connectivity index (χ1n) is 9.41. The van der Waals surface area contributed by atoms with Gasteiger partial charge in [-0.15, -0.1) is 11.8 Å². The summed E-state index contributed by atoms with van der Waals surface area (Å²) in [7, 11) is 0. The zero-order chi connectivity index (χ0) is 19.7. The second-order valence-electron chi connectivity index (χ2n) is 6.86. The Morgan fingerprint density at radius 1 is 0.964 bits per heavy atom. The van der Waals surface area contributed by atoms with E-state index < -0.39 is 0 Å². The van der Waals surface area contributed by atoms with Crippen molar-refractivity contribution in [3.05, 3.63) is 89.1 Å². The highest BCUT2D eigenvalue weighted by atomic mass is 32.2. The normalized spacial score (nSPS) is 11.1. The maximum Gasteiger partial charge on any atom is 0.197 e. The largest absolute Gasteiger partial charge is 0.288 e. The molecule has 0 N–H and O–H groups in total. The number of nitrogens with zero attached hydrogens (tertiary/aromatic N) is 2. The van der Waals surface area contributed by atoms with E-state index in [9.17, 15) is 4.79 Å². The Morgan fingerprint density at radius 2 is 1.64 bits per heavy atom. The Balaban J connectivity index is 1.79.